The van der Waals surface area contributed by atoms with E-state index in [1.165, 1.54) is 0 Å². The molecule has 0 radical (unpaired) electrons. The minimum absolute atomic E-state index is 0.111. The Hall–Kier alpha value is -3.67. The van der Waals surface area contributed by atoms with Crippen LogP contribution in [0.15, 0.2) is 84.1 Å². The summed E-state index contributed by atoms with van der Waals surface area (Å²) in [5.74, 6) is 0.595. The lowest BCUT2D eigenvalue weighted by molar-refractivity contribution is 0.0951. The molecule has 3 aromatic heterocycles. The first kappa shape index (κ1) is 16.8. The fourth-order valence-electron chi connectivity index (χ4n) is 2.78. The van der Waals surface area contributed by atoms with Gasteiger partial charge in [0.25, 0.3) is 5.91 Å². The maximum Gasteiger partial charge on any atom is 0.251 e. The topological polar surface area (TPSA) is 73.0 Å². The number of hydrogen-bond donors (Lipinski definition) is 1. The number of carbonyl (C=O) groups is 1. The summed E-state index contributed by atoms with van der Waals surface area (Å²) in [5.41, 5.74) is 3.45. The summed E-state index contributed by atoms with van der Waals surface area (Å²) in [6.45, 7) is 1.15. The van der Waals surface area contributed by atoms with Crippen LogP contribution in [0.25, 0.3) is 11.5 Å². The lowest BCUT2D eigenvalue weighted by atomic mass is 10.1. The van der Waals surface area contributed by atoms with Crippen molar-refractivity contribution in [3.05, 3.63) is 96.4 Å². The van der Waals surface area contributed by atoms with E-state index >= 15 is 0 Å². The fourth-order valence-corrected chi connectivity index (χ4v) is 2.78. The maximum atomic E-state index is 12.4. The Bertz CT molecular complexity index is 1010. The lowest BCUT2D eigenvalue weighted by Crippen LogP contribution is -2.22. The normalized spacial score (nSPS) is 10.7. The largest absolute Gasteiger partial charge is 0.463 e. The molecule has 134 valence electrons. The Labute approximate surface area is 156 Å². The number of furan rings is 1. The number of nitrogens with one attached hydrogen (secondary N) is 1. The van der Waals surface area contributed by atoms with Crippen molar-refractivity contribution in [2.45, 2.75) is 13.1 Å². The molecule has 27 heavy (non-hydrogen) atoms. The van der Waals surface area contributed by atoms with E-state index in [2.05, 4.69) is 15.3 Å². The number of carbonyl (C=O) groups excluding carboxylic acids is 1. The zero-order valence-corrected chi connectivity index (χ0v) is 14.6. The smallest absolute Gasteiger partial charge is 0.251 e. The van der Waals surface area contributed by atoms with Crippen LogP contribution >= 0.6 is 0 Å². The summed E-state index contributed by atoms with van der Waals surface area (Å²) in [4.78, 5) is 20.7. The van der Waals surface area contributed by atoms with Crippen molar-refractivity contribution >= 4 is 5.91 Å². The van der Waals surface area contributed by atoms with Crippen LogP contribution in [0.1, 0.15) is 21.5 Å². The zero-order chi connectivity index (χ0) is 18.5. The van der Waals surface area contributed by atoms with Crippen molar-refractivity contribution in [2.75, 3.05) is 0 Å². The highest BCUT2D eigenvalue weighted by atomic mass is 16.3. The molecular weight excluding hydrogens is 340 g/mol. The number of hydrogen-bond acceptors (Lipinski definition) is 4. The number of benzene rings is 1. The standard InChI is InChI=1S/C21H18N4O2/c26-21(18-5-3-16(4-6-18)14-25-10-9-22-15-25)24-13-17-7-8-23-19(12-17)20-2-1-11-27-20/h1-12,15H,13-14H2,(H,24,26). The second-order valence-electron chi connectivity index (χ2n) is 6.14. The van der Waals surface area contributed by atoms with E-state index < -0.39 is 0 Å². The SMILES string of the molecule is O=C(NCc1ccnc(-c2ccco2)c1)c1ccc(Cn2ccnc2)cc1. The number of amides is 1. The molecule has 0 atom stereocenters. The van der Waals surface area contributed by atoms with Crippen molar-refractivity contribution in [3.8, 4) is 11.5 Å². The first-order valence-electron chi connectivity index (χ1n) is 8.59. The highest BCUT2D eigenvalue weighted by molar-refractivity contribution is 5.94. The molecule has 0 saturated heterocycles. The van der Waals surface area contributed by atoms with Gasteiger partial charge in [-0.3, -0.25) is 9.78 Å². The van der Waals surface area contributed by atoms with E-state index in [1.807, 2.05) is 59.3 Å². The molecule has 1 aromatic carbocycles. The monoisotopic (exact) mass is 358 g/mol. The van der Waals surface area contributed by atoms with Gasteiger partial charge in [0.05, 0.1) is 12.6 Å². The van der Waals surface area contributed by atoms with E-state index in [1.54, 1.807) is 25.0 Å². The van der Waals surface area contributed by atoms with E-state index in [4.69, 9.17) is 4.42 Å². The predicted octanol–water partition coefficient (Wildman–Crippen LogP) is 3.52. The average molecular weight is 358 g/mol. The molecule has 0 aliphatic heterocycles. The van der Waals surface area contributed by atoms with Gasteiger partial charge in [-0.25, -0.2) is 4.98 Å². The van der Waals surface area contributed by atoms with Gasteiger partial charge in [0.15, 0.2) is 5.76 Å². The quantitative estimate of drug-likeness (QED) is 0.572. The van der Waals surface area contributed by atoms with Gasteiger partial charge in [-0.05, 0) is 47.5 Å². The average Bonchev–Trinajstić information content (AvgIpc) is 3.41. The third kappa shape index (κ3) is 4.12. The number of aromatic nitrogens is 3. The second-order valence-corrected chi connectivity index (χ2v) is 6.14. The minimum Gasteiger partial charge on any atom is -0.463 e. The summed E-state index contributed by atoms with van der Waals surface area (Å²) in [7, 11) is 0. The van der Waals surface area contributed by atoms with Crippen molar-refractivity contribution in [1.82, 2.24) is 19.9 Å². The molecule has 0 aliphatic rings. The first-order chi connectivity index (χ1) is 13.3. The summed E-state index contributed by atoms with van der Waals surface area (Å²) < 4.78 is 7.34. The summed E-state index contributed by atoms with van der Waals surface area (Å²) in [5, 5.41) is 2.94. The molecule has 0 fully saturated rings. The molecule has 6 heteroatoms. The molecule has 4 rings (SSSR count). The molecule has 0 saturated carbocycles. The van der Waals surface area contributed by atoms with Crippen molar-refractivity contribution < 1.29 is 9.21 Å². The van der Waals surface area contributed by atoms with Crippen molar-refractivity contribution in [2.24, 2.45) is 0 Å². The molecule has 0 unspecified atom stereocenters. The van der Waals surface area contributed by atoms with Crippen LogP contribution < -0.4 is 5.32 Å². The molecule has 3 heterocycles. The Kier molecular flexibility index (Phi) is 4.78. The van der Waals surface area contributed by atoms with Gasteiger partial charge in [0, 0.05) is 37.2 Å². The van der Waals surface area contributed by atoms with Gasteiger partial charge >= 0.3 is 0 Å². The highest BCUT2D eigenvalue weighted by Crippen LogP contribution is 2.18. The second kappa shape index (κ2) is 7.70. The number of pyridine rings is 1. The van der Waals surface area contributed by atoms with Gasteiger partial charge < -0.3 is 14.3 Å². The lowest BCUT2D eigenvalue weighted by Gasteiger charge is -2.08. The molecule has 4 aromatic rings. The van der Waals surface area contributed by atoms with Crippen molar-refractivity contribution in [1.29, 1.82) is 0 Å². The Balaban J connectivity index is 1.37. The zero-order valence-electron chi connectivity index (χ0n) is 14.6. The van der Waals surface area contributed by atoms with Crippen LogP contribution in [0.4, 0.5) is 0 Å². The van der Waals surface area contributed by atoms with Gasteiger partial charge in [-0.15, -0.1) is 0 Å². The van der Waals surface area contributed by atoms with Gasteiger partial charge in [-0.1, -0.05) is 12.1 Å². The molecule has 1 N–H and O–H groups in total. The molecule has 0 aliphatic carbocycles. The molecule has 0 bridgehead atoms. The van der Waals surface area contributed by atoms with Gasteiger partial charge in [-0.2, -0.15) is 0 Å². The first-order valence-corrected chi connectivity index (χ1v) is 8.59. The highest BCUT2D eigenvalue weighted by Gasteiger charge is 2.07. The third-order valence-electron chi connectivity index (χ3n) is 4.19. The van der Waals surface area contributed by atoms with Crippen LogP contribution in [0, 0.1) is 0 Å². The summed E-state index contributed by atoms with van der Waals surface area (Å²) in [6, 6.07) is 15.0. The molecule has 6 nitrogen and oxygen atoms in total. The van der Waals surface area contributed by atoms with E-state index in [0.29, 0.717) is 17.9 Å². The fraction of sp³-hybridized carbons (Fsp3) is 0.0952. The predicted molar refractivity (Wildman–Crippen MR) is 101 cm³/mol. The van der Waals surface area contributed by atoms with Crippen molar-refractivity contribution in [3.63, 3.8) is 0 Å². The summed E-state index contributed by atoms with van der Waals surface area (Å²) in [6.07, 6.45) is 8.75. The van der Waals surface area contributed by atoms with Crippen LogP contribution in [0.2, 0.25) is 0 Å². The Morgan fingerprint density at radius 1 is 1.07 bits per heavy atom. The number of imidazole rings is 1. The van der Waals surface area contributed by atoms with Crippen LogP contribution in [0.3, 0.4) is 0 Å². The van der Waals surface area contributed by atoms with E-state index in [0.717, 1.165) is 23.4 Å². The number of nitrogens with zero attached hydrogens (tertiary/aromatic N) is 3. The number of rotatable bonds is 6. The van der Waals surface area contributed by atoms with Crippen LogP contribution in [-0.4, -0.2) is 20.4 Å². The Morgan fingerprint density at radius 2 is 1.96 bits per heavy atom. The molecule has 0 spiro atoms. The van der Waals surface area contributed by atoms with Crippen LogP contribution in [0.5, 0.6) is 0 Å². The molecular formula is C21H18N4O2. The maximum absolute atomic E-state index is 12.4. The summed E-state index contributed by atoms with van der Waals surface area (Å²) >= 11 is 0. The van der Waals surface area contributed by atoms with E-state index in [9.17, 15) is 4.79 Å². The van der Waals surface area contributed by atoms with E-state index in [-0.39, 0.29) is 5.91 Å². The van der Waals surface area contributed by atoms with Gasteiger partial charge in [0.2, 0.25) is 0 Å². The third-order valence-corrected chi connectivity index (χ3v) is 4.19. The Morgan fingerprint density at radius 3 is 2.70 bits per heavy atom. The molecule has 1 amide bonds. The minimum atomic E-state index is -0.111. The van der Waals surface area contributed by atoms with Crippen LogP contribution in [-0.2, 0) is 13.1 Å². The van der Waals surface area contributed by atoms with Gasteiger partial charge in [0.1, 0.15) is 5.69 Å².